The number of unbranched alkanes of at least 4 members (excludes halogenated alkanes) is 3. The van der Waals surface area contributed by atoms with E-state index in [2.05, 4.69) is 32.9 Å². The minimum Gasteiger partial charge on any atom is -0.480 e. The Balaban J connectivity index is 0.000000333. The van der Waals surface area contributed by atoms with Crippen LogP contribution in [0.3, 0.4) is 0 Å². The van der Waals surface area contributed by atoms with Crippen molar-refractivity contribution < 1.29 is 9.90 Å². The van der Waals surface area contributed by atoms with Crippen molar-refractivity contribution in [3.8, 4) is 0 Å². The van der Waals surface area contributed by atoms with Crippen LogP contribution in [0.1, 0.15) is 51.9 Å². The van der Waals surface area contributed by atoms with Crippen LogP contribution < -0.4 is 5.32 Å². The average Bonchev–Trinajstić information content (AvgIpc) is 3.03. The van der Waals surface area contributed by atoms with E-state index < -0.39 is 5.97 Å². The molecule has 2 rings (SSSR count). The van der Waals surface area contributed by atoms with Crippen molar-refractivity contribution in [3.63, 3.8) is 0 Å². The molecular formula is C13H25N5O2. The van der Waals surface area contributed by atoms with Crippen molar-refractivity contribution in [1.29, 1.82) is 0 Å². The molecule has 1 saturated heterocycles. The molecule has 1 aliphatic heterocycles. The van der Waals surface area contributed by atoms with Crippen molar-refractivity contribution in [2.45, 2.75) is 57.9 Å². The molecule has 1 fully saturated rings. The molecule has 0 saturated carbocycles. The fourth-order valence-electron chi connectivity index (χ4n) is 2.44. The zero-order valence-electron chi connectivity index (χ0n) is 12.1. The van der Waals surface area contributed by atoms with Crippen LogP contribution in [0.2, 0.25) is 0 Å². The number of hydrogen-bond donors (Lipinski definition) is 3. The normalized spacial score (nSPS) is 21.9. The van der Waals surface area contributed by atoms with Gasteiger partial charge in [0.25, 0.3) is 0 Å². The third-order valence-electron chi connectivity index (χ3n) is 3.55. The van der Waals surface area contributed by atoms with Crippen molar-refractivity contribution in [2.75, 3.05) is 6.54 Å². The van der Waals surface area contributed by atoms with Gasteiger partial charge in [-0.25, -0.2) is 0 Å². The number of piperidine rings is 1. The van der Waals surface area contributed by atoms with E-state index in [1.54, 1.807) is 0 Å². The lowest BCUT2D eigenvalue weighted by molar-refractivity contribution is -0.140. The molecule has 3 N–H and O–H groups in total. The summed E-state index contributed by atoms with van der Waals surface area (Å²) >= 11 is 0. The smallest absolute Gasteiger partial charge is 0.320 e. The van der Waals surface area contributed by atoms with Crippen molar-refractivity contribution in [2.24, 2.45) is 5.92 Å². The van der Waals surface area contributed by atoms with Crippen molar-refractivity contribution >= 4 is 5.97 Å². The van der Waals surface area contributed by atoms with Gasteiger partial charge in [0, 0.05) is 0 Å². The summed E-state index contributed by atoms with van der Waals surface area (Å²) in [5, 5.41) is 24.1. The van der Waals surface area contributed by atoms with Crippen LogP contribution >= 0.6 is 0 Å². The van der Waals surface area contributed by atoms with E-state index in [0.717, 1.165) is 19.4 Å². The molecule has 0 aromatic carbocycles. The quantitative estimate of drug-likeness (QED) is 0.685. The summed E-state index contributed by atoms with van der Waals surface area (Å²) in [6, 6.07) is -0.296. The number of hydrogen-bond acceptors (Lipinski definition) is 5. The standard InChI is InChI=1S/C12H23NO2.CH2N4/c1-2-3-4-5-6-10-7-8-13-11(9-10)12(14)15;1-2-4-5-3-1/h10-11,13H,2-9H2,1H3,(H,14,15);1H,(H,2,3,4,5). The highest BCUT2D eigenvalue weighted by Crippen LogP contribution is 2.22. The van der Waals surface area contributed by atoms with E-state index in [-0.39, 0.29) is 6.04 Å². The van der Waals surface area contributed by atoms with Gasteiger partial charge in [0.1, 0.15) is 6.04 Å². The van der Waals surface area contributed by atoms with Gasteiger partial charge >= 0.3 is 5.97 Å². The lowest BCUT2D eigenvalue weighted by atomic mass is 9.88. The number of carbonyl (C=O) groups is 1. The monoisotopic (exact) mass is 283 g/mol. The molecule has 2 unspecified atom stereocenters. The van der Waals surface area contributed by atoms with Crippen LogP contribution in [0.25, 0.3) is 0 Å². The number of H-pyrrole nitrogens is 1. The van der Waals surface area contributed by atoms with Gasteiger partial charge in [0.15, 0.2) is 6.33 Å². The number of carboxylic acids is 1. The predicted molar refractivity (Wildman–Crippen MR) is 75.1 cm³/mol. The van der Waals surface area contributed by atoms with Crippen molar-refractivity contribution in [3.05, 3.63) is 6.33 Å². The van der Waals surface area contributed by atoms with Gasteiger partial charge in [-0.2, -0.15) is 5.21 Å². The lowest BCUT2D eigenvalue weighted by Gasteiger charge is -2.27. The SMILES string of the molecule is CCCCCCC1CCNC(C(=O)O)C1.c1nn[nH]n1. The zero-order valence-corrected chi connectivity index (χ0v) is 12.1. The molecule has 7 nitrogen and oxygen atoms in total. The molecule has 114 valence electrons. The van der Waals surface area contributed by atoms with E-state index in [4.69, 9.17) is 5.11 Å². The number of aromatic amines is 1. The second-order valence-corrected chi connectivity index (χ2v) is 5.14. The Morgan fingerprint density at radius 2 is 2.25 bits per heavy atom. The number of rotatable bonds is 6. The summed E-state index contributed by atoms with van der Waals surface area (Å²) in [6.07, 6.45) is 9.67. The third kappa shape index (κ3) is 7.18. The number of aliphatic carboxylic acids is 1. The van der Waals surface area contributed by atoms with Crippen LogP contribution in [0.15, 0.2) is 6.33 Å². The Morgan fingerprint density at radius 1 is 1.40 bits per heavy atom. The molecule has 0 bridgehead atoms. The minimum absolute atomic E-state index is 0.296. The fourth-order valence-corrected chi connectivity index (χ4v) is 2.44. The largest absolute Gasteiger partial charge is 0.480 e. The first kappa shape index (κ1) is 16.6. The maximum absolute atomic E-state index is 10.8. The van der Waals surface area contributed by atoms with E-state index in [1.807, 2.05) is 0 Å². The van der Waals surface area contributed by atoms with Gasteiger partial charge in [0.05, 0.1) is 0 Å². The molecule has 1 aromatic rings. The Morgan fingerprint density at radius 3 is 2.80 bits per heavy atom. The predicted octanol–water partition coefficient (Wildman–Crippen LogP) is 1.61. The van der Waals surface area contributed by atoms with Gasteiger partial charge in [-0.15, -0.1) is 10.2 Å². The van der Waals surface area contributed by atoms with E-state index in [9.17, 15) is 4.79 Å². The number of nitrogens with one attached hydrogen (secondary N) is 2. The van der Waals surface area contributed by atoms with Crippen LogP contribution in [0.4, 0.5) is 0 Å². The maximum Gasteiger partial charge on any atom is 0.320 e. The number of aromatic nitrogens is 4. The minimum atomic E-state index is -0.687. The van der Waals surface area contributed by atoms with Crippen LogP contribution in [-0.4, -0.2) is 44.3 Å². The molecule has 1 aliphatic rings. The third-order valence-corrected chi connectivity index (χ3v) is 3.55. The fraction of sp³-hybridized carbons (Fsp3) is 0.846. The molecular weight excluding hydrogens is 258 g/mol. The molecule has 1 aromatic heterocycles. The second kappa shape index (κ2) is 10.3. The summed E-state index contributed by atoms with van der Waals surface area (Å²) in [4.78, 5) is 10.8. The van der Waals surface area contributed by atoms with E-state index in [0.29, 0.717) is 5.92 Å². The van der Waals surface area contributed by atoms with E-state index >= 15 is 0 Å². The highest BCUT2D eigenvalue weighted by atomic mass is 16.4. The topological polar surface area (TPSA) is 104 Å². The first-order valence-electron chi connectivity index (χ1n) is 7.36. The highest BCUT2D eigenvalue weighted by Gasteiger charge is 2.25. The highest BCUT2D eigenvalue weighted by molar-refractivity contribution is 5.73. The summed E-state index contributed by atoms with van der Waals surface area (Å²) < 4.78 is 0. The summed E-state index contributed by atoms with van der Waals surface area (Å²) in [5.74, 6) is -0.0579. The number of tetrazole rings is 1. The first-order chi connectivity index (χ1) is 9.74. The summed E-state index contributed by atoms with van der Waals surface area (Å²) in [6.45, 7) is 3.08. The van der Waals surface area contributed by atoms with Crippen LogP contribution in [0, 0.1) is 5.92 Å². The maximum atomic E-state index is 10.8. The average molecular weight is 283 g/mol. The molecule has 7 heteroatoms. The first-order valence-corrected chi connectivity index (χ1v) is 7.36. The Bertz CT molecular complexity index is 327. The Labute approximate surface area is 119 Å². The van der Waals surface area contributed by atoms with Gasteiger partial charge in [-0.3, -0.25) is 4.79 Å². The molecule has 0 amide bonds. The van der Waals surface area contributed by atoms with Crippen LogP contribution in [-0.2, 0) is 4.79 Å². The zero-order chi connectivity index (χ0) is 14.6. The molecule has 20 heavy (non-hydrogen) atoms. The van der Waals surface area contributed by atoms with Crippen molar-refractivity contribution in [1.82, 2.24) is 25.9 Å². The number of carboxylic acid groups (broad SMARTS) is 1. The molecule has 0 spiro atoms. The molecule has 2 atom stereocenters. The van der Waals surface area contributed by atoms with Crippen LogP contribution in [0.5, 0.6) is 0 Å². The van der Waals surface area contributed by atoms with Gasteiger partial charge < -0.3 is 10.4 Å². The molecule has 2 heterocycles. The Hall–Kier alpha value is -1.50. The van der Waals surface area contributed by atoms with Gasteiger partial charge in [-0.1, -0.05) is 44.2 Å². The van der Waals surface area contributed by atoms with Gasteiger partial charge in [0.2, 0.25) is 0 Å². The Kier molecular flexibility index (Phi) is 8.53. The lowest BCUT2D eigenvalue weighted by Crippen LogP contribution is -2.43. The molecule has 0 radical (unpaired) electrons. The van der Waals surface area contributed by atoms with Gasteiger partial charge in [-0.05, 0) is 25.3 Å². The van der Waals surface area contributed by atoms with E-state index in [1.165, 1.54) is 38.4 Å². The summed E-state index contributed by atoms with van der Waals surface area (Å²) in [5.41, 5.74) is 0. The number of nitrogens with zero attached hydrogens (tertiary/aromatic N) is 3. The summed E-state index contributed by atoms with van der Waals surface area (Å²) in [7, 11) is 0. The second-order valence-electron chi connectivity index (χ2n) is 5.14. The molecule has 0 aliphatic carbocycles.